The normalized spacial score (nSPS) is 14.1. The highest BCUT2D eigenvalue weighted by Crippen LogP contribution is 2.35. The molecule has 0 fully saturated rings. The molecule has 0 atom stereocenters. The second-order valence-electron chi connectivity index (χ2n) is 7.21. The monoisotopic (exact) mass is 397 g/mol. The number of rotatable bonds is 6. The van der Waals surface area contributed by atoms with Crippen LogP contribution in [0.15, 0.2) is 84.6 Å². The van der Waals surface area contributed by atoms with E-state index in [9.17, 15) is 4.79 Å². The van der Waals surface area contributed by atoms with Gasteiger partial charge in [0, 0.05) is 25.8 Å². The maximum absolute atomic E-state index is 12.7. The number of carbonyl (C=O) groups is 1. The molecule has 1 aliphatic rings. The highest BCUT2D eigenvalue weighted by Gasteiger charge is 2.27. The van der Waals surface area contributed by atoms with Crippen molar-refractivity contribution < 1.29 is 14.3 Å². The Hall–Kier alpha value is -3.79. The van der Waals surface area contributed by atoms with Gasteiger partial charge in [-0.1, -0.05) is 48.5 Å². The average molecular weight is 397 g/mol. The minimum absolute atomic E-state index is 0.114. The number of Topliss-reactive ketones (excluding diaryl/α,β-unsaturated/α-hetero) is 1. The molecule has 4 rings (SSSR count). The van der Waals surface area contributed by atoms with Gasteiger partial charge < -0.3 is 14.4 Å². The van der Waals surface area contributed by atoms with Crippen molar-refractivity contribution in [2.75, 3.05) is 25.6 Å². The van der Waals surface area contributed by atoms with Crippen LogP contribution in [0, 0.1) is 0 Å². The molecule has 0 radical (unpaired) electrons. The molecule has 0 spiro atoms. The van der Waals surface area contributed by atoms with Crippen molar-refractivity contribution in [2.45, 2.75) is 0 Å². The Morgan fingerprint density at radius 2 is 1.70 bits per heavy atom. The van der Waals surface area contributed by atoms with E-state index in [4.69, 9.17) is 9.47 Å². The number of fused-ring (bicyclic) bond motifs is 1. The van der Waals surface area contributed by atoms with Crippen LogP contribution in [-0.2, 0) is 0 Å². The molecule has 0 saturated carbocycles. The summed E-state index contributed by atoms with van der Waals surface area (Å²) in [6.45, 7) is 0.433. The summed E-state index contributed by atoms with van der Waals surface area (Å²) in [5.41, 5.74) is 3.69. The van der Waals surface area contributed by atoms with Crippen molar-refractivity contribution >= 4 is 23.6 Å². The van der Waals surface area contributed by atoms with Gasteiger partial charge in [0.05, 0.1) is 5.56 Å². The molecule has 4 nitrogen and oxygen atoms in total. The van der Waals surface area contributed by atoms with Gasteiger partial charge in [0.25, 0.3) is 0 Å². The van der Waals surface area contributed by atoms with Gasteiger partial charge in [-0.15, -0.1) is 0 Å². The number of hydrogen-bond donors (Lipinski definition) is 0. The molecular formula is C26H23NO3. The van der Waals surface area contributed by atoms with Crippen molar-refractivity contribution in [1.29, 1.82) is 0 Å². The predicted octanol–water partition coefficient (Wildman–Crippen LogP) is 5.46. The summed E-state index contributed by atoms with van der Waals surface area (Å²) in [7, 11) is 3.98. The Morgan fingerprint density at radius 1 is 0.933 bits per heavy atom. The maximum Gasteiger partial charge on any atom is 0.231 e. The number of ketones is 1. The van der Waals surface area contributed by atoms with Crippen molar-refractivity contribution in [3.63, 3.8) is 0 Å². The number of nitrogens with zero attached hydrogens (tertiary/aromatic N) is 1. The van der Waals surface area contributed by atoms with Crippen LogP contribution >= 0.6 is 0 Å². The minimum Gasteiger partial charge on any atom is -0.489 e. The van der Waals surface area contributed by atoms with Crippen molar-refractivity contribution in [1.82, 2.24) is 0 Å². The van der Waals surface area contributed by atoms with E-state index < -0.39 is 0 Å². The zero-order chi connectivity index (χ0) is 20.9. The van der Waals surface area contributed by atoms with Gasteiger partial charge in [-0.05, 0) is 47.5 Å². The quantitative estimate of drug-likeness (QED) is 0.518. The number of carbonyl (C=O) groups excluding carboxylic acids is 1. The number of anilines is 1. The van der Waals surface area contributed by atoms with Crippen molar-refractivity contribution in [3.05, 3.63) is 101 Å². The lowest BCUT2D eigenvalue weighted by Gasteiger charge is -2.11. The van der Waals surface area contributed by atoms with Crippen LogP contribution in [-0.4, -0.2) is 26.5 Å². The molecule has 1 heterocycles. The van der Waals surface area contributed by atoms with Gasteiger partial charge in [-0.25, -0.2) is 0 Å². The first-order valence-electron chi connectivity index (χ1n) is 9.80. The molecule has 0 N–H and O–H groups in total. The highest BCUT2D eigenvalue weighted by atomic mass is 16.5. The topological polar surface area (TPSA) is 38.8 Å². The molecule has 150 valence electrons. The Kier molecular flexibility index (Phi) is 5.66. The Balaban J connectivity index is 1.42. The SMILES string of the molecule is CN(C)c1ccc(/C=C2\Oc3cc(OC/C=C/c4ccccc4)ccc3C2=O)cc1. The second-order valence-corrected chi connectivity index (χ2v) is 7.21. The first kappa shape index (κ1) is 19.5. The van der Waals surface area contributed by atoms with Crippen LogP contribution in [0.25, 0.3) is 12.2 Å². The molecule has 0 bridgehead atoms. The fraction of sp³-hybridized carbons (Fsp3) is 0.115. The summed E-state index contributed by atoms with van der Waals surface area (Å²) in [4.78, 5) is 14.7. The van der Waals surface area contributed by atoms with Gasteiger partial charge in [0.1, 0.15) is 18.1 Å². The fourth-order valence-electron chi connectivity index (χ4n) is 3.17. The Bertz CT molecular complexity index is 1100. The van der Waals surface area contributed by atoms with E-state index in [0.29, 0.717) is 29.4 Å². The van der Waals surface area contributed by atoms with E-state index in [1.165, 1.54) is 0 Å². The summed E-state index contributed by atoms with van der Waals surface area (Å²) < 4.78 is 11.6. The molecule has 4 heteroatoms. The van der Waals surface area contributed by atoms with Crippen LogP contribution in [0.4, 0.5) is 5.69 Å². The number of ether oxygens (including phenoxy) is 2. The number of benzene rings is 3. The highest BCUT2D eigenvalue weighted by molar-refractivity contribution is 6.14. The summed E-state index contributed by atoms with van der Waals surface area (Å²) >= 11 is 0. The summed E-state index contributed by atoms with van der Waals surface area (Å²) in [6.07, 6.45) is 5.73. The van der Waals surface area contributed by atoms with Crippen LogP contribution in [0.3, 0.4) is 0 Å². The molecule has 0 aliphatic carbocycles. The standard InChI is InChI=1S/C26H23NO3/c1-27(2)21-12-10-20(11-13-21)17-25-26(28)23-15-14-22(18-24(23)30-25)29-16-6-9-19-7-4-3-5-8-19/h3-15,17-18H,16H2,1-2H3/b9-6+,25-17-. The molecule has 3 aromatic carbocycles. The van der Waals surface area contributed by atoms with E-state index in [2.05, 4.69) is 0 Å². The van der Waals surface area contributed by atoms with E-state index in [0.717, 1.165) is 16.8 Å². The summed E-state index contributed by atoms with van der Waals surface area (Å²) in [5, 5.41) is 0. The van der Waals surface area contributed by atoms with Gasteiger partial charge in [0.2, 0.25) is 5.78 Å². The van der Waals surface area contributed by atoms with Crippen molar-refractivity contribution in [2.24, 2.45) is 0 Å². The van der Waals surface area contributed by atoms with Crippen LogP contribution in [0.2, 0.25) is 0 Å². The minimum atomic E-state index is -0.114. The lowest BCUT2D eigenvalue weighted by atomic mass is 10.1. The lowest BCUT2D eigenvalue weighted by molar-refractivity contribution is 0.101. The molecule has 0 unspecified atom stereocenters. The average Bonchev–Trinajstić information content (AvgIpc) is 3.07. The van der Waals surface area contributed by atoms with Crippen molar-refractivity contribution in [3.8, 4) is 11.5 Å². The predicted molar refractivity (Wildman–Crippen MR) is 121 cm³/mol. The van der Waals surface area contributed by atoms with E-state index in [1.807, 2.05) is 85.7 Å². The third-order valence-electron chi connectivity index (χ3n) is 4.80. The van der Waals surface area contributed by atoms with E-state index in [-0.39, 0.29) is 5.78 Å². The third-order valence-corrected chi connectivity index (χ3v) is 4.80. The lowest BCUT2D eigenvalue weighted by Crippen LogP contribution is -2.08. The summed E-state index contributed by atoms with van der Waals surface area (Å²) in [5.74, 6) is 1.40. The Morgan fingerprint density at radius 3 is 2.43 bits per heavy atom. The molecule has 3 aromatic rings. The second kappa shape index (κ2) is 8.70. The van der Waals surface area contributed by atoms with Gasteiger partial charge in [-0.2, -0.15) is 0 Å². The molecular weight excluding hydrogens is 374 g/mol. The van der Waals surface area contributed by atoms with E-state index in [1.54, 1.807) is 24.3 Å². The third kappa shape index (κ3) is 4.44. The molecule has 0 saturated heterocycles. The number of allylic oxidation sites excluding steroid dienone is 1. The van der Waals surface area contributed by atoms with Gasteiger partial charge in [0.15, 0.2) is 5.76 Å². The largest absolute Gasteiger partial charge is 0.489 e. The van der Waals surface area contributed by atoms with E-state index >= 15 is 0 Å². The van der Waals surface area contributed by atoms with Gasteiger partial charge in [-0.3, -0.25) is 4.79 Å². The molecule has 0 amide bonds. The molecule has 1 aliphatic heterocycles. The maximum atomic E-state index is 12.7. The zero-order valence-electron chi connectivity index (χ0n) is 17.0. The van der Waals surface area contributed by atoms with Crippen LogP contribution < -0.4 is 14.4 Å². The molecule has 0 aromatic heterocycles. The zero-order valence-corrected chi connectivity index (χ0v) is 17.0. The summed E-state index contributed by atoms with van der Waals surface area (Å²) in [6, 6.07) is 23.3. The number of hydrogen-bond acceptors (Lipinski definition) is 4. The van der Waals surface area contributed by atoms with Crippen LogP contribution in [0.5, 0.6) is 11.5 Å². The first-order chi connectivity index (χ1) is 14.6. The fourth-order valence-corrected chi connectivity index (χ4v) is 3.17. The first-order valence-corrected chi connectivity index (χ1v) is 9.80. The smallest absolute Gasteiger partial charge is 0.231 e. The van der Waals surface area contributed by atoms with Crippen LogP contribution in [0.1, 0.15) is 21.5 Å². The molecule has 30 heavy (non-hydrogen) atoms. The van der Waals surface area contributed by atoms with Gasteiger partial charge >= 0.3 is 0 Å². The Labute approximate surface area is 176 Å².